The maximum atomic E-state index is 12.3. The maximum absolute atomic E-state index is 12.3. The van der Waals surface area contributed by atoms with Crippen LogP contribution in [0.2, 0.25) is 5.02 Å². The van der Waals surface area contributed by atoms with E-state index >= 15 is 0 Å². The molecule has 0 unspecified atom stereocenters. The molecular formula is C20H19ClN2O4. The van der Waals surface area contributed by atoms with Gasteiger partial charge in [0.05, 0.1) is 12.5 Å². The molecule has 0 aliphatic carbocycles. The number of para-hydroxylation sites is 1. The average molecular weight is 387 g/mol. The molecule has 0 bridgehead atoms. The van der Waals surface area contributed by atoms with Gasteiger partial charge in [0.25, 0.3) is 5.91 Å². The summed E-state index contributed by atoms with van der Waals surface area (Å²) in [7, 11) is 1.55. The summed E-state index contributed by atoms with van der Waals surface area (Å²) in [4.78, 5) is 25.6. The Kier molecular flexibility index (Phi) is 7.65. The summed E-state index contributed by atoms with van der Waals surface area (Å²) >= 11 is 5.86. The first-order valence-electron chi connectivity index (χ1n) is 8.25. The lowest BCUT2D eigenvalue weighted by molar-refractivity contribution is -0.133. The van der Waals surface area contributed by atoms with E-state index in [1.807, 2.05) is 18.2 Å². The van der Waals surface area contributed by atoms with Crippen molar-refractivity contribution in [1.82, 2.24) is 4.90 Å². The Bertz CT molecular complexity index is 831. The van der Waals surface area contributed by atoms with Crippen LogP contribution >= 0.6 is 11.6 Å². The molecular weight excluding hydrogens is 368 g/mol. The standard InChI is InChI=1S/C20H19ClN2O4/c1-23(12-4-11-22)19(24)14-27-20(25)17-5-2-3-6-18(17)26-13-15-7-9-16(21)10-8-15/h2-3,5-10H,4,12-14H2,1H3. The van der Waals surface area contributed by atoms with Crippen LogP contribution in [0.4, 0.5) is 0 Å². The molecule has 0 heterocycles. The number of nitriles is 1. The van der Waals surface area contributed by atoms with Crippen LogP contribution in [-0.2, 0) is 16.1 Å². The minimum Gasteiger partial charge on any atom is -0.488 e. The Morgan fingerprint density at radius 2 is 1.85 bits per heavy atom. The summed E-state index contributed by atoms with van der Waals surface area (Å²) in [6, 6.07) is 15.8. The molecule has 0 aliphatic rings. The predicted octanol–water partition coefficient (Wildman–Crippen LogP) is 3.45. The summed E-state index contributed by atoms with van der Waals surface area (Å²) in [5.41, 5.74) is 1.14. The molecule has 0 radical (unpaired) electrons. The number of hydrogen-bond donors (Lipinski definition) is 0. The molecule has 0 spiro atoms. The topological polar surface area (TPSA) is 79.6 Å². The van der Waals surface area contributed by atoms with E-state index in [0.29, 0.717) is 10.8 Å². The highest BCUT2D eigenvalue weighted by atomic mass is 35.5. The van der Waals surface area contributed by atoms with Gasteiger partial charge in [0.2, 0.25) is 0 Å². The van der Waals surface area contributed by atoms with Crippen molar-refractivity contribution in [2.24, 2.45) is 0 Å². The molecule has 6 nitrogen and oxygen atoms in total. The molecule has 27 heavy (non-hydrogen) atoms. The molecule has 0 atom stereocenters. The van der Waals surface area contributed by atoms with E-state index in [9.17, 15) is 9.59 Å². The number of rotatable bonds is 8. The molecule has 0 N–H and O–H groups in total. The monoisotopic (exact) mass is 386 g/mol. The zero-order valence-electron chi connectivity index (χ0n) is 14.9. The average Bonchev–Trinajstić information content (AvgIpc) is 2.69. The zero-order valence-corrected chi connectivity index (χ0v) is 15.6. The number of benzene rings is 2. The van der Waals surface area contributed by atoms with Gasteiger partial charge in [-0.2, -0.15) is 5.26 Å². The molecule has 0 saturated heterocycles. The second kappa shape index (κ2) is 10.2. The number of amides is 1. The molecule has 0 aromatic heterocycles. The number of carbonyl (C=O) groups excluding carboxylic acids is 2. The first-order chi connectivity index (χ1) is 13.0. The normalized spacial score (nSPS) is 9.96. The quantitative estimate of drug-likeness (QED) is 0.649. The molecule has 1 amide bonds. The van der Waals surface area contributed by atoms with Gasteiger partial charge >= 0.3 is 5.97 Å². The summed E-state index contributed by atoms with van der Waals surface area (Å²) in [6.45, 7) is 0.150. The van der Waals surface area contributed by atoms with Crippen molar-refractivity contribution in [3.05, 3.63) is 64.7 Å². The SMILES string of the molecule is CN(CCC#N)C(=O)COC(=O)c1ccccc1OCc1ccc(Cl)cc1. The van der Waals surface area contributed by atoms with Crippen LogP contribution in [0.1, 0.15) is 22.3 Å². The Labute approximate surface area is 162 Å². The third-order valence-electron chi connectivity index (χ3n) is 3.73. The summed E-state index contributed by atoms with van der Waals surface area (Å²) < 4.78 is 10.8. The Balaban J connectivity index is 1.95. The molecule has 0 fully saturated rings. The first kappa shape index (κ1) is 20.3. The smallest absolute Gasteiger partial charge is 0.342 e. The van der Waals surface area contributed by atoms with Gasteiger partial charge in [-0.05, 0) is 29.8 Å². The van der Waals surface area contributed by atoms with E-state index in [0.717, 1.165) is 5.56 Å². The van der Waals surface area contributed by atoms with Crippen molar-refractivity contribution in [3.63, 3.8) is 0 Å². The maximum Gasteiger partial charge on any atom is 0.342 e. The van der Waals surface area contributed by atoms with E-state index in [1.54, 1.807) is 43.4 Å². The van der Waals surface area contributed by atoms with E-state index in [1.165, 1.54) is 4.90 Å². The molecule has 0 saturated carbocycles. The fourth-order valence-corrected chi connectivity index (χ4v) is 2.29. The lowest BCUT2D eigenvalue weighted by Crippen LogP contribution is -2.32. The van der Waals surface area contributed by atoms with Gasteiger partial charge in [-0.25, -0.2) is 4.79 Å². The fraction of sp³-hybridized carbons (Fsp3) is 0.250. The Morgan fingerprint density at radius 3 is 2.56 bits per heavy atom. The minimum atomic E-state index is -0.649. The van der Waals surface area contributed by atoms with Crippen molar-refractivity contribution in [2.75, 3.05) is 20.2 Å². The number of likely N-dealkylation sites (N-methyl/N-ethyl adjacent to an activating group) is 1. The van der Waals surface area contributed by atoms with Crippen LogP contribution in [0.3, 0.4) is 0 Å². The van der Waals surface area contributed by atoms with Gasteiger partial charge in [-0.1, -0.05) is 35.9 Å². The zero-order chi connectivity index (χ0) is 19.6. The Morgan fingerprint density at radius 1 is 1.15 bits per heavy atom. The minimum absolute atomic E-state index is 0.220. The molecule has 140 valence electrons. The number of ether oxygens (including phenoxy) is 2. The van der Waals surface area contributed by atoms with E-state index in [4.69, 9.17) is 26.3 Å². The van der Waals surface area contributed by atoms with Crippen LogP contribution in [0.15, 0.2) is 48.5 Å². The summed E-state index contributed by atoms with van der Waals surface area (Å²) in [5, 5.41) is 9.18. The molecule has 2 aromatic rings. The molecule has 7 heteroatoms. The highest BCUT2D eigenvalue weighted by Gasteiger charge is 2.17. The van der Waals surface area contributed by atoms with Crippen molar-refractivity contribution in [1.29, 1.82) is 5.26 Å². The van der Waals surface area contributed by atoms with Crippen LogP contribution in [0, 0.1) is 11.3 Å². The van der Waals surface area contributed by atoms with Gasteiger partial charge in [-0.15, -0.1) is 0 Å². The Hall–Kier alpha value is -3.04. The number of halogens is 1. The highest BCUT2D eigenvalue weighted by molar-refractivity contribution is 6.30. The van der Waals surface area contributed by atoms with Gasteiger partial charge in [0.15, 0.2) is 6.61 Å². The van der Waals surface area contributed by atoms with Crippen molar-refractivity contribution in [3.8, 4) is 11.8 Å². The van der Waals surface area contributed by atoms with E-state index in [-0.39, 0.29) is 31.0 Å². The third kappa shape index (κ3) is 6.32. The van der Waals surface area contributed by atoms with Crippen molar-refractivity contribution >= 4 is 23.5 Å². The van der Waals surface area contributed by atoms with E-state index in [2.05, 4.69) is 0 Å². The largest absolute Gasteiger partial charge is 0.488 e. The molecule has 0 aliphatic heterocycles. The lowest BCUT2D eigenvalue weighted by atomic mass is 10.2. The van der Waals surface area contributed by atoms with Gasteiger partial charge in [0, 0.05) is 18.6 Å². The molecule has 2 rings (SSSR count). The van der Waals surface area contributed by atoms with Crippen LogP contribution < -0.4 is 4.74 Å². The first-order valence-corrected chi connectivity index (χ1v) is 8.63. The van der Waals surface area contributed by atoms with Crippen LogP contribution in [0.25, 0.3) is 0 Å². The molecule has 2 aromatic carbocycles. The highest BCUT2D eigenvalue weighted by Crippen LogP contribution is 2.21. The lowest BCUT2D eigenvalue weighted by Gasteiger charge is -2.16. The fourth-order valence-electron chi connectivity index (χ4n) is 2.16. The number of hydrogen-bond acceptors (Lipinski definition) is 5. The number of carbonyl (C=O) groups is 2. The third-order valence-corrected chi connectivity index (χ3v) is 3.98. The van der Waals surface area contributed by atoms with Gasteiger partial charge in [-0.3, -0.25) is 4.79 Å². The second-order valence-corrected chi connectivity index (χ2v) is 6.15. The van der Waals surface area contributed by atoms with E-state index < -0.39 is 12.6 Å². The predicted molar refractivity (Wildman–Crippen MR) is 100 cm³/mol. The van der Waals surface area contributed by atoms with Gasteiger partial charge < -0.3 is 14.4 Å². The number of esters is 1. The van der Waals surface area contributed by atoms with Crippen LogP contribution in [-0.4, -0.2) is 37.0 Å². The van der Waals surface area contributed by atoms with Crippen molar-refractivity contribution < 1.29 is 19.1 Å². The van der Waals surface area contributed by atoms with Crippen molar-refractivity contribution in [2.45, 2.75) is 13.0 Å². The summed E-state index contributed by atoms with van der Waals surface area (Å²) in [6.07, 6.45) is 0.220. The van der Waals surface area contributed by atoms with Crippen LogP contribution in [0.5, 0.6) is 5.75 Å². The summed E-state index contributed by atoms with van der Waals surface area (Å²) in [5.74, 6) is -0.662. The second-order valence-electron chi connectivity index (χ2n) is 5.71. The number of nitrogens with zero attached hydrogens (tertiary/aromatic N) is 2. The van der Waals surface area contributed by atoms with Gasteiger partial charge in [0.1, 0.15) is 17.9 Å².